The zero-order chi connectivity index (χ0) is 20.6. The number of fused-ring (bicyclic) bond motifs is 3. The predicted octanol–water partition coefficient (Wildman–Crippen LogP) is 5.90. The third kappa shape index (κ3) is 4.08. The lowest BCUT2D eigenvalue weighted by Crippen LogP contribution is -2.51. The van der Waals surface area contributed by atoms with E-state index in [2.05, 4.69) is 44.2 Å². The number of hydrogen-bond donors (Lipinski definition) is 1. The van der Waals surface area contributed by atoms with Crippen molar-refractivity contribution in [3.63, 3.8) is 0 Å². The Bertz CT molecular complexity index is 846. The zero-order valence-electron chi connectivity index (χ0n) is 17.9. The fourth-order valence-electron chi connectivity index (χ4n) is 4.50. The van der Waals surface area contributed by atoms with Crippen LogP contribution in [0.25, 0.3) is 0 Å². The van der Waals surface area contributed by atoms with Gasteiger partial charge in [0, 0.05) is 10.7 Å². The first-order valence-corrected chi connectivity index (χ1v) is 11.5. The predicted molar refractivity (Wildman–Crippen MR) is 119 cm³/mol. The molecule has 1 aliphatic carbocycles. The van der Waals surface area contributed by atoms with E-state index >= 15 is 0 Å². The second kappa shape index (κ2) is 7.98. The van der Waals surface area contributed by atoms with Crippen molar-refractivity contribution in [1.29, 1.82) is 0 Å². The van der Waals surface area contributed by atoms with E-state index in [1.165, 1.54) is 16.7 Å². The summed E-state index contributed by atoms with van der Waals surface area (Å²) in [7, 11) is 0. The molecular formula is C25H32O3S. The molecule has 0 aromatic heterocycles. The van der Waals surface area contributed by atoms with Crippen LogP contribution in [0.5, 0.6) is 5.75 Å². The maximum Gasteiger partial charge on any atom is 0.133 e. The zero-order valence-corrected chi connectivity index (χ0v) is 18.7. The summed E-state index contributed by atoms with van der Waals surface area (Å²) < 4.78 is 12.9. The SMILES string of the molecule is CC[C@@](C)(O)[C@@H]1O[C@@H]2c3cccc(OCc4ccccc4)c3CC[C@@H]2C(C)(C)S1. The Morgan fingerprint density at radius 3 is 2.66 bits per heavy atom. The van der Waals surface area contributed by atoms with Gasteiger partial charge in [-0.15, -0.1) is 11.8 Å². The molecule has 0 radical (unpaired) electrons. The minimum Gasteiger partial charge on any atom is -0.489 e. The Labute approximate surface area is 178 Å². The van der Waals surface area contributed by atoms with E-state index in [0.29, 0.717) is 18.9 Å². The lowest BCUT2D eigenvalue weighted by molar-refractivity contribution is -0.118. The third-order valence-corrected chi connectivity index (χ3v) is 8.32. The Morgan fingerprint density at radius 2 is 1.93 bits per heavy atom. The molecule has 3 nitrogen and oxygen atoms in total. The van der Waals surface area contributed by atoms with Gasteiger partial charge in [0.1, 0.15) is 17.8 Å². The molecule has 2 aromatic carbocycles. The minimum absolute atomic E-state index is 0.00157. The fraction of sp³-hybridized carbons (Fsp3) is 0.520. The highest BCUT2D eigenvalue weighted by Crippen LogP contribution is 2.56. The van der Waals surface area contributed by atoms with Gasteiger partial charge >= 0.3 is 0 Å². The van der Waals surface area contributed by atoms with Gasteiger partial charge in [-0.3, -0.25) is 0 Å². The van der Waals surface area contributed by atoms with E-state index in [4.69, 9.17) is 9.47 Å². The van der Waals surface area contributed by atoms with E-state index in [-0.39, 0.29) is 16.3 Å². The van der Waals surface area contributed by atoms with Crippen molar-refractivity contribution in [2.45, 2.75) is 75.5 Å². The molecule has 4 rings (SSSR count). The smallest absolute Gasteiger partial charge is 0.133 e. The van der Waals surface area contributed by atoms with Crippen molar-refractivity contribution < 1.29 is 14.6 Å². The fourth-order valence-corrected chi connectivity index (χ4v) is 6.06. The molecule has 0 amide bonds. The Balaban J connectivity index is 1.62. The van der Waals surface area contributed by atoms with Crippen molar-refractivity contribution in [2.75, 3.05) is 0 Å². The lowest BCUT2D eigenvalue weighted by Gasteiger charge is -2.52. The van der Waals surface area contributed by atoms with Crippen LogP contribution < -0.4 is 4.74 Å². The highest BCUT2D eigenvalue weighted by molar-refractivity contribution is 8.01. The van der Waals surface area contributed by atoms with Crippen LogP contribution in [-0.2, 0) is 17.8 Å². The summed E-state index contributed by atoms with van der Waals surface area (Å²) in [5, 5.41) is 10.9. The highest BCUT2D eigenvalue weighted by Gasteiger charge is 2.51. The number of rotatable bonds is 5. The summed E-state index contributed by atoms with van der Waals surface area (Å²) in [6.45, 7) is 9.09. The average Bonchev–Trinajstić information content (AvgIpc) is 2.72. The van der Waals surface area contributed by atoms with Gasteiger partial charge in [0.2, 0.25) is 0 Å². The van der Waals surface area contributed by atoms with E-state index < -0.39 is 5.60 Å². The van der Waals surface area contributed by atoms with Crippen LogP contribution >= 0.6 is 11.8 Å². The van der Waals surface area contributed by atoms with Crippen LogP contribution in [0.4, 0.5) is 0 Å². The van der Waals surface area contributed by atoms with Crippen molar-refractivity contribution in [3.05, 3.63) is 65.2 Å². The van der Waals surface area contributed by atoms with Gasteiger partial charge in [-0.1, -0.05) is 63.2 Å². The maximum atomic E-state index is 10.9. The molecule has 1 heterocycles. The molecule has 4 atom stereocenters. The van der Waals surface area contributed by atoms with Gasteiger partial charge in [0.15, 0.2) is 0 Å². The van der Waals surface area contributed by atoms with E-state index in [9.17, 15) is 5.11 Å². The molecule has 0 unspecified atom stereocenters. The molecule has 2 aliphatic rings. The molecule has 0 bridgehead atoms. The molecule has 0 saturated carbocycles. The molecular weight excluding hydrogens is 380 g/mol. The standard InChI is InChI=1S/C25H32O3S/c1-5-25(4,26)23-28-22-19-12-9-13-21(27-16-17-10-7-6-8-11-17)18(19)14-15-20(22)24(2,3)29-23/h6-13,20,22-23,26H,5,14-16H2,1-4H3/t20-,22+,23+,25+/m0/s1. The van der Waals surface area contributed by atoms with Gasteiger partial charge in [0.25, 0.3) is 0 Å². The first kappa shape index (κ1) is 20.8. The summed E-state index contributed by atoms with van der Waals surface area (Å²) in [5.74, 6) is 1.39. The van der Waals surface area contributed by atoms with Gasteiger partial charge in [-0.05, 0) is 48.9 Å². The summed E-state index contributed by atoms with van der Waals surface area (Å²) in [4.78, 5) is 0. The number of thioether (sulfide) groups is 1. The molecule has 2 aromatic rings. The largest absolute Gasteiger partial charge is 0.489 e. The van der Waals surface area contributed by atoms with Gasteiger partial charge < -0.3 is 14.6 Å². The van der Waals surface area contributed by atoms with Crippen LogP contribution in [0.3, 0.4) is 0 Å². The summed E-state index contributed by atoms with van der Waals surface area (Å²) in [6, 6.07) is 16.6. The molecule has 1 fully saturated rings. The lowest BCUT2D eigenvalue weighted by atomic mass is 9.75. The second-order valence-corrected chi connectivity index (χ2v) is 10.8. The maximum absolute atomic E-state index is 10.9. The van der Waals surface area contributed by atoms with Gasteiger partial charge in [0.05, 0.1) is 11.7 Å². The minimum atomic E-state index is -0.841. The van der Waals surface area contributed by atoms with Crippen molar-refractivity contribution >= 4 is 11.8 Å². The van der Waals surface area contributed by atoms with E-state index in [1.807, 2.05) is 32.0 Å². The molecule has 29 heavy (non-hydrogen) atoms. The number of hydrogen-bond acceptors (Lipinski definition) is 4. The number of aliphatic hydroxyl groups is 1. The number of benzene rings is 2. The Kier molecular flexibility index (Phi) is 5.71. The average molecular weight is 413 g/mol. The summed E-state index contributed by atoms with van der Waals surface area (Å²) >= 11 is 1.79. The first-order valence-electron chi connectivity index (χ1n) is 10.7. The van der Waals surface area contributed by atoms with Gasteiger partial charge in [-0.2, -0.15) is 0 Å². The van der Waals surface area contributed by atoms with Crippen LogP contribution in [0, 0.1) is 5.92 Å². The highest BCUT2D eigenvalue weighted by atomic mass is 32.2. The Hall–Kier alpha value is -1.49. The van der Waals surface area contributed by atoms with E-state index in [0.717, 1.165) is 18.6 Å². The van der Waals surface area contributed by atoms with Gasteiger partial charge in [-0.25, -0.2) is 0 Å². The summed E-state index contributed by atoms with van der Waals surface area (Å²) in [5.41, 5.74) is 2.60. The molecule has 4 heteroatoms. The monoisotopic (exact) mass is 412 g/mol. The normalized spacial score (nSPS) is 27.4. The van der Waals surface area contributed by atoms with Crippen LogP contribution in [0.15, 0.2) is 48.5 Å². The van der Waals surface area contributed by atoms with Crippen LogP contribution in [0.2, 0.25) is 0 Å². The Morgan fingerprint density at radius 1 is 1.17 bits per heavy atom. The van der Waals surface area contributed by atoms with E-state index in [1.54, 1.807) is 11.8 Å². The molecule has 156 valence electrons. The van der Waals surface area contributed by atoms with Crippen LogP contribution in [0.1, 0.15) is 63.3 Å². The summed E-state index contributed by atoms with van der Waals surface area (Å²) in [6.07, 6.45) is 2.75. The number of ether oxygens (including phenoxy) is 2. The van der Waals surface area contributed by atoms with Crippen molar-refractivity contribution in [3.8, 4) is 5.75 Å². The molecule has 1 aliphatic heterocycles. The van der Waals surface area contributed by atoms with Crippen molar-refractivity contribution in [2.24, 2.45) is 5.92 Å². The quantitative estimate of drug-likeness (QED) is 0.664. The topological polar surface area (TPSA) is 38.7 Å². The second-order valence-electron chi connectivity index (χ2n) is 9.06. The first-order chi connectivity index (χ1) is 13.8. The van der Waals surface area contributed by atoms with Crippen molar-refractivity contribution in [1.82, 2.24) is 0 Å². The van der Waals surface area contributed by atoms with Crippen LogP contribution in [-0.4, -0.2) is 20.9 Å². The molecule has 0 spiro atoms. The third-order valence-electron chi connectivity index (χ3n) is 6.58. The molecule has 1 saturated heterocycles. The molecule has 1 N–H and O–H groups in total.